The van der Waals surface area contributed by atoms with Crippen LogP contribution in [0.1, 0.15) is 39.0 Å². The van der Waals surface area contributed by atoms with Crippen molar-refractivity contribution in [3.05, 3.63) is 144 Å². The fourth-order valence-corrected chi connectivity index (χ4v) is 3.73. The summed E-state index contributed by atoms with van der Waals surface area (Å²) < 4.78 is 0. The molecule has 4 rings (SSSR count). The van der Waals surface area contributed by atoms with Gasteiger partial charge in [0.25, 0.3) is 5.91 Å². The van der Waals surface area contributed by atoms with Gasteiger partial charge in [0.15, 0.2) is 0 Å². The van der Waals surface area contributed by atoms with Crippen LogP contribution < -0.4 is 5.32 Å². The van der Waals surface area contributed by atoms with E-state index in [4.69, 9.17) is 0 Å². The third-order valence-corrected chi connectivity index (χ3v) is 5.13. The van der Waals surface area contributed by atoms with Crippen molar-refractivity contribution >= 4 is 5.91 Å². The van der Waals surface area contributed by atoms with Gasteiger partial charge in [-0.2, -0.15) is 0 Å². The molecule has 1 amide bonds. The molecule has 1 N–H and O–H groups in total. The molecule has 0 unspecified atom stereocenters. The van der Waals surface area contributed by atoms with E-state index in [0.29, 0.717) is 5.56 Å². The standard InChI is InChI=1S/C27H23NO/c29-27(24-19-11-4-12-20-24)28-26(23-17-9-3-10-18-23)25(21-13-5-1-6-14-21)22-15-7-2-8-16-22/h1-20,25-26H,(H,28,29)/t26-/m1/s1. The highest BCUT2D eigenvalue weighted by Crippen LogP contribution is 2.37. The second kappa shape index (κ2) is 9.03. The molecule has 0 spiro atoms. The Morgan fingerprint density at radius 1 is 0.517 bits per heavy atom. The van der Waals surface area contributed by atoms with Gasteiger partial charge < -0.3 is 5.32 Å². The molecule has 0 saturated heterocycles. The molecule has 142 valence electrons. The highest BCUT2D eigenvalue weighted by molar-refractivity contribution is 5.94. The van der Waals surface area contributed by atoms with Gasteiger partial charge in [-0.3, -0.25) is 4.79 Å². The summed E-state index contributed by atoms with van der Waals surface area (Å²) >= 11 is 0. The summed E-state index contributed by atoms with van der Waals surface area (Å²) in [5.74, 6) is -0.0798. The molecule has 0 fully saturated rings. The first-order valence-corrected chi connectivity index (χ1v) is 9.83. The van der Waals surface area contributed by atoms with Crippen LogP contribution in [-0.4, -0.2) is 5.91 Å². The van der Waals surface area contributed by atoms with E-state index in [2.05, 4.69) is 41.7 Å². The molecule has 0 heterocycles. The Bertz CT molecular complexity index is 991. The van der Waals surface area contributed by atoms with E-state index in [1.807, 2.05) is 84.9 Å². The van der Waals surface area contributed by atoms with Crippen LogP contribution in [-0.2, 0) is 0 Å². The van der Waals surface area contributed by atoms with Gasteiger partial charge in [0.2, 0.25) is 0 Å². The Labute approximate surface area is 171 Å². The molecular formula is C27H23NO. The van der Waals surface area contributed by atoms with Gasteiger partial charge in [-0.25, -0.2) is 0 Å². The van der Waals surface area contributed by atoms with Crippen molar-refractivity contribution in [3.8, 4) is 0 Å². The predicted molar refractivity (Wildman–Crippen MR) is 118 cm³/mol. The summed E-state index contributed by atoms with van der Waals surface area (Å²) in [4.78, 5) is 13.1. The van der Waals surface area contributed by atoms with Gasteiger partial charge in [-0.15, -0.1) is 0 Å². The maximum Gasteiger partial charge on any atom is 0.251 e. The number of benzene rings is 4. The number of carbonyl (C=O) groups excluding carboxylic acids is 1. The molecule has 0 aliphatic rings. The maximum absolute atomic E-state index is 13.1. The monoisotopic (exact) mass is 377 g/mol. The van der Waals surface area contributed by atoms with Crippen LogP contribution in [0.2, 0.25) is 0 Å². The smallest absolute Gasteiger partial charge is 0.251 e. The second-order valence-corrected chi connectivity index (χ2v) is 7.03. The SMILES string of the molecule is O=C(N[C@H](c1ccccc1)C(c1ccccc1)c1ccccc1)c1ccccc1. The summed E-state index contributed by atoms with van der Waals surface area (Å²) in [6, 6.07) is 40.1. The van der Waals surface area contributed by atoms with Gasteiger partial charge in [-0.05, 0) is 28.8 Å². The van der Waals surface area contributed by atoms with Crippen molar-refractivity contribution in [2.75, 3.05) is 0 Å². The van der Waals surface area contributed by atoms with E-state index in [1.165, 1.54) is 11.1 Å². The van der Waals surface area contributed by atoms with E-state index < -0.39 is 0 Å². The Kier molecular flexibility index (Phi) is 5.82. The number of rotatable bonds is 6. The molecule has 0 radical (unpaired) electrons. The summed E-state index contributed by atoms with van der Waals surface area (Å²) in [6.07, 6.45) is 0. The van der Waals surface area contributed by atoms with Gasteiger partial charge >= 0.3 is 0 Å². The first-order valence-electron chi connectivity index (χ1n) is 9.83. The molecule has 2 nitrogen and oxygen atoms in total. The molecular weight excluding hydrogens is 354 g/mol. The Morgan fingerprint density at radius 3 is 1.34 bits per heavy atom. The number of hydrogen-bond donors (Lipinski definition) is 1. The Hall–Kier alpha value is -3.65. The van der Waals surface area contributed by atoms with E-state index >= 15 is 0 Å². The molecule has 0 aliphatic carbocycles. The van der Waals surface area contributed by atoms with Gasteiger partial charge in [-0.1, -0.05) is 109 Å². The summed E-state index contributed by atoms with van der Waals surface area (Å²) in [5, 5.41) is 3.31. The molecule has 0 aromatic heterocycles. The molecule has 0 saturated carbocycles. The average molecular weight is 377 g/mol. The number of hydrogen-bond acceptors (Lipinski definition) is 1. The highest BCUT2D eigenvalue weighted by atomic mass is 16.1. The Morgan fingerprint density at radius 2 is 0.897 bits per heavy atom. The highest BCUT2D eigenvalue weighted by Gasteiger charge is 2.28. The summed E-state index contributed by atoms with van der Waals surface area (Å²) in [7, 11) is 0. The fraction of sp³-hybridized carbons (Fsp3) is 0.0741. The van der Waals surface area contributed by atoms with Crippen LogP contribution in [0.4, 0.5) is 0 Å². The number of carbonyl (C=O) groups is 1. The molecule has 0 bridgehead atoms. The van der Waals surface area contributed by atoms with Crippen molar-refractivity contribution in [1.82, 2.24) is 5.32 Å². The summed E-state index contributed by atoms with van der Waals surface area (Å²) in [6.45, 7) is 0. The van der Waals surface area contributed by atoms with Crippen LogP contribution in [0.15, 0.2) is 121 Å². The van der Waals surface area contributed by atoms with Crippen molar-refractivity contribution in [3.63, 3.8) is 0 Å². The minimum Gasteiger partial charge on any atom is -0.344 e. The predicted octanol–water partition coefficient (Wildman–Crippen LogP) is 5.99. The van der Waals surface area contributed by atoms with Gasteiger partial charge in [0.05, 0.1) is 6.04 Å². The van der Waals surface area contributed by atoms with E-state index in [1.54, 1.807) is 0 Å². The molecule has 0 aliphatic heterocycles. The fourth-order valence-electron chi connectivity index (χ4n) is 3.73. The van der Waals surface area contributed by atoms with E-state index in [0.717, 1.165) is 5.56 Å². The lowest BCUT2D eigenvalue weighted by molar-refractivity contribution is 0.0933. The second-order valence-electron chi connectivity index (χ2n) is 7.03. The first kappa shape index (κ1) is 18.7. The zero-order valence-corrected chi connectivity index (χ0v) is 16.1. The minimum absolute atomic E-state index is 0.00698. The quantitative estimate of drug-likeness (QED) is 0.439. The van der Waals surface area contributed by atoms with Crippen molar-refractivity contribution in [2.24, 2.45) is 0 Å². The zero-order valence-electron chi connectivity index (χ0n) is 16.1. The Balaban J connectivity index is 1.80. The normalized spacial score (nSPS) is 11.8. The molecule has 2 heteroatoms. The molecule has 4 aromatic rings. The number of amides is 1. The van der Waals surface area contributed by atoms with Gasteiger partial charge in [0, 0.05) is 11.5 Å². The zero-order chi connectivity index (χ0) is 19.9. The lowest BCUT2D eigenvalue weighted by atomic mass is 9.81. The third-order valence-electron chi connectivity index (χ3n) is 5.13. The van der Waals surface area contributed by atoms with Crippen LogP contribution in [0, 0.1) is 0 Å². The first-order chi connectivity index (χ1) is 14.3. The largest absolute Gasteiger partial charge is 0.344 e. The molecule has 1 atom stereocenters. The lowest BCUT2D eigenvalue weighted by Gasteiger charge is -2.30. The van der Waals surface area contributed by atoms with Gasteiger partial charge in [0.1, 0.15) is 0 Å². The van der Waals surface area contributed by atoms with Crippen LogP contribution >= 0.6 is 0 Å². The van der Waals surface area contributed by atoms with Crippen molar-refractivity contribution in [1.29, 1.82) is 0 Å². The van der Waals surface area contributed by atoms with Crippen LogP contribution in [0.3, 0.4) is 0 Å². The van der Waals surface area contributed by atoms with Crippen molar-refractivity contribution < 1.29 is 4.79 Å². The topological polar surface area (TPSA) is 29.1 Å². The van der Waals surface area contributed by atoms with Crippen LogP contribution in [0.5, 0.6) is 0 Å². The lowest BCUT2D eigenvalue weighted by Crippen LogP contribution is -2.33. The van der Waals surface area contributed by atoms with Crippen LogP contribution in [0.25, 0.3) is 0 Å². The van der Waals surface area contributed by atoms with E-state index in [-0.39, 0.29) is 17.9 Å². The summed E-state index contributed by atoms with van der Waals surface area (Å²) in [5.41, 5.74) is 4.07. The maximum atomic E-state index is 13.1. The minimum atomic E-state index is -0.200. The molecule has 4 aromatic carbocycles. The van der Waals surface area contributed by atoms with Crippen molar-refractivity contribution in [2.45, 2.75) is 12.0 Å². The molecule has 29 heavy (non-hydrogen) atoms. The number of nitrogens with one attached hydrogen (secondary N) is 1. The third kappa shape index (κ3) is 4.44. The average Bonchev–Trinajstić information content (AvgIpc) is 2.81. The van der Waals surface area contributed by atoms with E-state index in [9.17, 15) is 4.79 Å².